The molecule has 24 heavy (non-hydrogen) atoms. The second-order valence-electron chi connectivity index (χ2n) is 5.70. The monoisotopic (exact) mass is 329 g/mol. The van der Waals surface area contributed by atoms with Gasteiger partial charge in [-0.3, -0.25) is 4.57 Å². The molecular formula is C16H16FN5O2. The van der Waals surface area contributed by atoms with Gasteiger partial charge in [0.2, 0.25) is 5.95 Å². The molecule has 0 spiro atoms. The van der Waals surface area contributed by atoms with Crippen molar-refractivity contribution in [3.63, 3.8) is 0 Å². The summed E-state index contributed by atoms with van der Waals surface area (Å²) in [7, 11) is 0. The molecule has 1 aromatic carbocycles. The van der Waals surface area contributed by atoms with Crippen LogP contribution in [0.2, 0.25) is 0 Å². The lowest BCUT2D eigenvalue weighted by atomic mass is 10.1. The van der Waals surface area contributed by atoms with E-state index in [1.54, 1.807) is 0 Å². The fourth-order valence-corrected chi connectivity index (χ4v) is 2.98. The number of nitrogen functional groups attached to an aromatic ring is 1. The molecule has 1 fully saturated rings. The SMILES string of the molecule is Nc1nc(-c2ccccc2)c2ncn(C3OC(CO)CC3F)c2n1. The molecule has 0 aliphatic carbocycles. The van der Waals surface area contributed by atoms with Crippen molar-refractivity contribution in [2.45, 2.75) is 24.9 Å². The Balaban J connectivity index is 1.84. The van der Waals surface area contributed by atoms with Gasteiger partial charge in [0.15, 0.2) is 11.9 Å². The number of anilines is 1. The number of hydrogen-bond acceptors (Lipinski definition) is 6. The largest absolute Gasteiger partial charge is 0.394 e. The maximum Gasteiger partial charge on any atom is 0.222 e. The number of aliphatic hydroxyl groups is 1. The van der Waals surface area contributed by atoms with Crippen LogP contribution in [0.15, 0.2) is 36.7 Å². The van der Waals surface area contributed by atoms with Gasteiger partial charge >= 0.3 is 0 Å². The molecule has 1 aliphatic heterocycles. The molecule has 3 unspecified atom stereocenters. The van der Waals surface area contributed by atoms with Crippen LogP contribution in [0.25, 0.3) is 22.4 Å². The van der Waals surface area contributed by atoms with Crippen LogP contribution >= 0.6 is 0 Å². The molecule has 0 amide bonds. The predicted molar refractivity (Wildman–Crippen MR) is 85.7 cm³/mol. The Kier molecular flexibility index (Phi) is 3.62. The van der Waals surface area contributed by atoms with E-state index in [9.17, 15) is 9.50 Å². The van der Waals surface area contributed by atoms with E-state index < -0.39 is 18.5 Å². The summed E-state index contributed by atoms with van der Waals surface area (Å²) in [4.78, 5) is 12.8. The molecule has 4 rings (SSSR count). The Morgan fingerprint density at radius 1 is 1.29 bits per heavy atom. The molecular weight excluding hydrogens is 313 g/mol. The van der Waals surface area contributed by atoms with Crippen molar-refractivity contribution in [1.29, 1.82) is 0 Å². The minimum atomic E-state index is -1.25. The third-order valence-corrected chi connectivity index (χ3v) is 4.09. The lowest BCUT2D eigenvalue weighted by Gasteiger charge is -2.15. The average Bonchev–Trinajstić information content (AvgIpc) is 3.17. The lowest BCUT2D eigenvalue weighted by molar-refractivity contribution is -0.0351. The van der Waals surface area contributed by atoms with Gasteiger partial charge in [-0.15, -0.1) is 0 Å². The van der Waals surface area contributed by atoms with Crippen LogP contribution in [0.1, 0.15) is 12.6 Å². The van der Waals surface area contributed by atoms with Crippen LogP contribution in [-0.4, -0.2) is 43.5 Å². The van der Waals surface area contributed by atoms with Crippen LogP contribution < -0.4 is 5.73 Å². The van der Waals surface area contributed by atoms with Gasteiger partial charge in [0.05, 0.1) is 19.0 Å². The van der Waals surface area contributed by atoms with E-state index in [1.165, 1.54) is 10.9 Å². The van der Waals surface area contributed by atoms with E-state index in [2.05, 4.69) is 15.0 Å². The molecule has 3 heterocycles. The van der Waals surface area contributed by atoms with Gasteiger partial charge in [-0.1, -0.05) is 30.3 Å². The first-order valence-corrected chi connectivity index (χ1v) is 7.63. The van der Waals surface area contributed by atoms with Gasteiger partial charge in [-0.25, -0.2) is 14.4 Å². The maximum absolute atomic E-state index is 14.3. The van der Waals surface area contributed by atoms with Crippen molar-refractivity contribution in [1.82, 2.24) is 19.5 Å². The Bertz CT molecular complexity index is 870. The molecule has 0 bridgehead atoms. The normalized spacial score (nSPS) is 23.8. The summed E-state index contributed by atoms with van der Waals surface area (Å²) in [5, 5.41) is 9.19. The zero-order chi connectivity index (χ0) is 16.7. The molecule has 1 saturated heterocycles. The number of ether oxygens (including phenoxy) is 1. The van der Waals surface area contributed by atoms with Crippen LogP contribution in [0.3, 0.4) is 0 Å². The highest BCUT2D eigenvalue weighted by molar-refractivity contribution is 5.88. The second kappa shape index (κ2) is 5.81. The average molecular weight is 329 g/mol. The predicted octanol–water partition coefficient (Wildman–Crippen LogP) is 1.69. The molecule has 8 heteroatoms. The smallest absolute Gasteiger partial charge is 0.222 e. The summed E-state index contributed by atoms with van der Waals surface area (Å²) in [6.45, 7) is -0.226. The zero-order valence-electron chi connectivity index (χ0n) is 12.7. The van der Waals surface area contributed by atoms with E-state index in [1.807, 2.05) is 30.3 Å². The van der Waals surface area contributed by atoms with Crippen molar-refractivity contribution in [2.75, 3.05) is 12.3 Å². The molecule has 0 saturated carbocycles. The van der Waals surface area contributed by atoms with Crippen molar-refractivity contribution < 1.29 is 14.2 Å². The quantitative estimate of drug-likeness (QED) is 0.759. The minimum Gasteiger partial charge on any atom is -0.394 e. The highest BCUT2D eigenvalue weighted by Crippen LogP contribution is 2.34. The van der Waals surface area contributed by atoms with E-state index in [4.69, 9.17) is 10.5 Å². The number of rotatable bonds is 3. The maximum atomic E-state index is 14.3. The number of nitrogens with two attached hydrogens (primary N) is 1. The van der Waals surface area contributed by atoms with Gasteiger partial charge in [-0.2, -0.15) is 4.98 Å². The van der Waals surface area contributed by atoms with Crippen LogP contribution in [0.5, 0.6) is 0 Å². The molecule has 3 N–H and O–H groups in total. The van der Waals surface area contributed by atoms with E-state index in [0.717, 1.165) is 5.56 Å². The first kappa shape index (κ1) is 15.0. The summed E-state index contributed by atoms with van der Waals surface area (Å²) in [5.41, 5.74) is 8.21. The van der Waals surface area contributed by atoms with Crippen molar-refractivity contribution >= 4 is 17.1 Å². The minimum absolute atomic E-state index is 0.0789. The first-order chi connectivity index (χ1) is 11.7. The van der Waals surface area contributed by atoms with Crippen LogP contribution in [0, 0.1) is 0 Å². The van der Waals surface area contributed by atoms with Gasteiger partial charge in [0, 0.05) is 12.0 Å². The topological polar surface area (TPSA) is 99.1 Å². The van der Waals surface area contributed by atoms with Crippen LogP contribution in [-0.2, 0) is 4.74 Å². The number of imidazole rings is 1. The lowest BCUT2D eigenvalue weighted by Crippen LogP contribution is -2.17. The zero-order valence-corrected chi connectivity index (χ0v) is 12.7. The van der Waals surface area contributed by atoms with Crippen molar-refractivity contribution in [2.24, 2.45) is 0 Å². The van der Waals surface area contributed by atoms with Gasteiger partial charge in [0.25, 0.3) is 0 Å². The number of fused-ring (bicyclic) bond motifs is 1. The number of alkyl halides is 1. The third-order valence-electron chi connectivity index (χ3n) is 4.09. The van der Waals surface area contributed by atoms with E-state index in [0.29, 0.717) is 16.9 Å². The second-order valence-corrected chi connectivity index (χ2v) is 5.70. The molecule has 2 aromatic heterocycles. The number of aliphatic hydroxyl groups excluding tert-OH is 1. The molecule has 7 nitrogen and oxygen atoms in total. The summed E-state index contributed by atoms with van der Waals surface area (Å²) < 4.78 is 21.4. The summed E-state index contributed by atoms with van der Waals surface area (Å²) in [5.74, 6) is 0.0789. The summed E-state index contributed by atoms with van der Waals surface area (Å²) in [6.07, 6.45) is -1.06. The highest BCUT2D eigenvalue weighted by atomic mass is 19.1. The standard InChI is InChI=1S/C16H16FN5O2/c17-11-6-10(7-23)24-15(11)22-8-19-13-12(9-4-2-1-3-5-9)20-16(18)21-14(13)22/h1-5,8,10-11,15,23H,6-7H2,(H2,18,20,21). The van der Waals surface area contributed by atoms with Crippen molar-refractivity contribution in [3.8, 4) is 11.3 Å². The third kappa shape index (κ3) is 2.40. The van der Waals surface area contributed by atoms with E-state index in [-0.39, 0.29) is 19.0 Å². The Hall–Kier alpha value is -2.58. The Labute approximate surface area is 136 Å². The molecule has 1 aliphatic rings. The Morgan fingerprint density at radius 2 is 2.08 bits per heavy atom. The van der Waals surface area contributed by atoms with Crippen molar-refractivity contribution in [3.05, 3.63) is 36.7 Å². The highest BCUT2D eigenvalue weighted by Gasteiger charge is 2.37. The number of halogens is 1. The van der Waals surface area contributed by atoms with Gasteiger partial charge < -0.3 is 15.6 Å². The Morgan fingerprint density at radius 3 is 2.79 bits per heavy atom. The fraction of sp³-hybridized carbons (Fsp3) is 0.312. The van der Waals surface area contributed by atoms with Crippen LogP contribution in [0.4, 0.5) is 10.3 Å². The molecule has 3 aromatic rings. The fourth-order valence-electron chi connectivity index (χ4n) is 2.98. The van der Waals surface area contributed by atoms with Gasteiger partial charge in [0.1, 0.15) is 17.4 Å². The summed E-state index contributed by atoms with van der Waals surface area (Å²) >= 11 is 0. The number of aromatic nitrogens is 4. The van der Waals surface area contributed by atoms with E-state index >= 15 is 0 Å². The molecule has 0 radical (unpaired) electrons. The van der Waals surface area contributed by atoms with Gasteiger partial charge in [-0.05, 0) is 0 Å². The number of hydrogen-bond donors (Lipinski definition) is 2. The number of benzene rings is 1. The molecule has 3 atom stereocenters. The summed E-state index contributed by atoms with van der Waals surface area (Å²) in [6, 6.07) is 9.47. The number of nitrogens with zero attached hydrogens (tertiary/aromatic N) is 4. The molecule has 124 valence electrons. The first-order valence-electron chi connectivity index (χ1n) is 7.63.